The van der Waals surface area contributed by atoms with Gasteiger partial charge in [-0.25, -0.2) is 0 Å². The van der Waals surface area contributed by atoms with Gasteiger partial charge < -0.3 is 10.1 Å². The highest BCUT2D eigenvalue weighted by atomic mass is 16.5. The van der Waals surface area contributed by atoms with Gasteiger partial charge in [-0.2, -0.15) is 0 Å². The van der Waals surface area contributed by atoms with E-state index in [-0.39, 0.29) is 11.9 Å². The molecule has 1 unspecified atom stereocenters. The molecule has 0 saturated carbocycles. The third kappa shape index (κ3) is 4.47. The van der Waals surface area contributed by atoms with Gasteiger partial charge in [-0.05, 0) is 37.6 Å². The van der Waals surface area contributed by atoms with E-state index in [1.165, 1.54) is 5.56 Å². The quantitative estimate of drug-likeness (QED) is 0.724. The maximum absolute atomic E-state index is 13.0. The predicted molar refractivity (Wildman–Crippen MR) is 115 cm³/mol. The van der Waals surface area contributed by atoms with Crippen LogP contribution in [0.15, 0.2) is 54.6 Å². The smallest absolute Gasteiger partial charge is 0.253 e. The minimum atomic E-state index is -0.0763. The van der Waals surface area contributed by atoms with Crippen LogP contribution in [-0.4, -0.2) is 48.6 Å². The van der Waals surface area contributed by atoms with E-state index in [2.05, 4.69) is 33.4 Å². The minimum absolute atomic E-state index is 0.0763. The maximum Gasteiger partial charge on any atom is 0.253 e. The summed E-state index contributed by atoms with van der Waals surface area (Å²) >= 11 is 0. The number of pyridine rings is 1. The molecule has 1 N–H and O–H groups in total. The van der Waals surface area contributed by atoms with E-state index < -0.39 is 0 Å². The Kier molecular flexibility index (Phi) is 5.88. The Labute approximate surface area is 171 Å². The molecule has 1 saturated heterocycles. The van der Waals surface area contributed by atoms with Gasteiger partial charge in [-0.1, -0.05) is 42.0 Å². The molecule has 0 radical (unpaired) electrons. The molecule has 1 fully saturated rings. The van der Waals surface area contributed by atoms with Crippen molar-refractivity contribution in [3.63, 3.8) is 0 Å². The molecule has 29 heavy (non-hydrogen) atoms. The molecule has 0 spiro atoms. The molecule has 3 aromatic rings. The van der Waals surface area contributed by atoms with Gasteiger partial charge in [0, 0.05) is 25.0 Å². The molecule has 1 atom stereocenters. The van der Waals surface area contributed by atoms with Gasteiger partial charge >= 0.3 is 0 Å². The van der Waals surface area contributed by atoms with E-state index in [0.717, 1.165) is 48.5 Å². The lowest BCUT2D eigenvalue weighted by Gasteiger charge is -2.35. The molecule has 2 aromatic carbocycles. The number of amides is 1. The van der Waals surface area contributed by atoms with E-state index >= 15 is 0 Å². The lowest BCUT2D eigenvalue weighted by molar-refractivity contribution is 0.0162. The Morgan fingerprint density at radius 2 is 1.86 bits per heavy atom. The number of nitrogens with one attached hydrogen (secondary N) is 1. The molecule has 1 aliphatic heterocycles. The highest BCUT2D eigenvalue weighted by Crippen LogP contribution is 2.22. The number of nitrogens with zero attached hydrogens (tertiary/aromatic N) is 2. The summed E-state index contributed by atoms with van der Waals surface area (Å²) in [6, 6.07) is 18.5. The summed E-state index contributed by atoms with van der Waals surface area (Å²) < 4.78 is 5.51. The number of carbonyl (C=O) groups excluding carboxylic acids is 1. The monoisotopic (exact) mass is 389 g/mol. The Morgan fingerprint density at radius 1 is 1.10 bits per heavy atom. The van der Waals surface area contributed by atoms with E-state index in [9.17, 15) is 4.79 Å². The van der Waals surface area contributed by atoms with E-state index in [1.54, 1.807) is 0 Å². The highest BCUT2D eigenvalue weighted by Gasteiger charge is 2.23. The van der Waals surface area contributed by atoms with Crippen molar-refractivity contribution in [1.29, 1.82) is 0 Å². The van der Waals surface area contributed by atoms with Crippen molar-refractivity contribution < 1.29 is 9.53 Å². The molecule has 1 amide bonds. The van der Waals surface area contributed by atoms with Crippen LogP contribution in [-0.2, 0) is 4.74 Å². The van der Waals surface area contributed by atoms with Crippen LogP contribution in [0.5, 0.6) is 0 Å². The fraction of sp³-hybridized carbons (Fsp3) is 0.333. The lowest BCUT2D eigenvalue weighted by atomic mass is 10.0. The molecule has 4 rings (SSSR count). The fourth-order valence-corrected chi connectivity index (χ4v) is 3.93. The first-order valence-electron chi connectivity index (χ1n) is 10.1. The van der Waals surface area contributed by atoms with E-state index in [0.29, 0.717) is 12.1 Å². The molecule has 5 nitrogen and oxygen atoms in total. The molecule has 1 aliphatic rings. The summed E-state index contributed by atoms with van der Waals surface area (Å²) in [5.41, 5.74) is 4.67. The van der Waals surface area contributed by atoms with Crippen LogP contribution in [0, 0.1) is 13.8 Å². The second-order valence-corrected chi connectivity index (χ2v) is 7.60. The lowest BCUT2D eigenvalue weighted by Crippen LogP contribution is -2.43. The Hall–Kier alpha value is -2.76. The van der Waals surface area contributed by atoms with Crippen LogP contribution in [0.2, 0.25) is 0 Å². The first kappa shape index (κ1) is 19.6. The number of carbonyl (C=O) groups is 1. The first-order valence-corrected chi connectivity index (χ1v) is 10.1. The molecule has 5 heteroatoms. The molecule has 150 valence electrons. The van der Waals surface area contributed by atoms with Crippen LogP contribution in [0.4, 0.5) is 0 Å². The topological polar surface area (TPSA) is 54.5 Å². The second-order valence-electron chi connectivity index (χ2n) is 7.60. The number of aromatic nitrogens is 1. The SMILES string of the molecule is Cc1ccc2nc(C)c(C(=O)NCC(c3ccccc3)N3CCOCC3)cc2c1. The van der Waals surface area contributed by atoms with Crippen LogP contribution < -0.4 is 5.32 Å². The zero-order valence-electron chi connectivity index (χ0n) is 17.0. The van der Waals surface area contributed by atoms with Gasteiger partial charge in [0.1, 0.15) is 0 Å². The molecular weight excluding hydrogens is 362 g/mol. The number of fused-ring (bicyclic) bond motifs is 1. The zero-order chi connectivity index (χ0) is 20.2. The number of rotatable bonds is 5. The van der Waals surface area contributed by atoms with Crippen molar-refractivity contribution in [1.82, 2.24) is 15.2 Å². The number of aryl methyl sites for hydroxylation is 2. The molecule has 1 aromatic heterocycles. The normalized spacial score (nSPS) is 15.9. The van der Waals surface area contributed by atoms with Gasteiger partial charge in [0.05, 0.1) is 36.0 Å². The van der Waals surface area contributed by atoms with Crippen LogP contribution in [0.3, 0.4) is 0 Å². The summed E-state index contributed by atoms with van der Waals surface area (Å²) in [5, 5.41) is 4.15. The van der Waals surface area contributed by atoms with Gasteiger partial charge in [-0.3, -0.25) is 14.7 Å². The average molecular weight is 389 g/mol. The summed E-state index contributed by atoms with van der Waals surface area (Å²) in [7, 11) is 0. The summed E-state index contributed by atoms with van der Waals surface area (Å²) in [6.45, 7) is 7.68. The Morgan fingerprint density at radius 3 is 2.62 bits per heavy atom. The van der Waals surface area contributed by atoms with Crippen LogP contribution in [0.1, 0.15) is 33.2 Å². The van der Waals surface area contributed by atoms with Crippen molar-refractivity contribution in [3.8, 4) is 0 Å². The summed E-state index contributed by atoms with van der Waals surface area (Å²) in [6.07, 6.45) is 0. The predicted octanol–water partition coefficient (Wildman–Crippen LogP) is 3.65. The summed E-state index contributed by atoms with van der Waals surface area (Å²) in [5.74, 6) is -0.0763. The highest BCUT2D eigenvalue weighted by molar-refractivity contribution is 5.98. The van der Waals surface area contributed by atoms with Crippen LogP contribution >= 0.6 is 0 Å². The van der Waals surface area contributed by atoms with Crippen molar-refractivity contribution in [2.75, 3.05) is 32.8 Å². The van der Waals surface area contributed by atoms with Crippen LogP contribution in [0.25, 0.3) is 10.9 Å². The molecule has 2 heterocycles. The standard InChI is InChI=1S/C24H27N3O2/c1-17-8-9-22-20(14-17)15-21(18(2)26-22)24(28)25-16-23(19-6-4-3-5-7-19)27-10-12-29-13-11-27/h3-9,14-15,23H,10-13,16H2,1-2H3,(H,25,28). The Bertz CT molecular complexity index is 998. The number of hydrogen-bond acceptors (Lipinski definition) is 4. The largest absolute Gasteiger partial charge is 0.379 e. The number of morpholine rings is 1. The minimum Gasteiger partial charge on any atom is -0.379 e. The van der Waals surface area contributed by atoms with Gasteiger partial charge in [-0.15, -0.1) is 0 Å². The average Bonchev–Trinajstić information content (AvgIpc) is 2.75. The molecular formula is C24H27N3O2. The van der Waals surface area contributed by atoms with Crippen molar-refractivity contribution >= 4 is 16.8 Å². The van der Waals surface area contributed by atoms with Crippen molar-refractivity contribution in [3.05, 3.63) is 77.0 Å². The molecule has 0 bridgehead atoms. The zero-order valence-corrected chi connectivity index (χ0v) is 17.0. The van der Waals surface area contributed by atoms with E-state index in [1.807, 2.05) is 50.2 Å². The third-order valence-corrected chi connectivity index (χ3v) is 5.53. The van der Waals surface area contributed by atoms with E-state index in [4.69, 9.17) is 4.74 Å². The number of hydrogen-bond donors (Lipinski definition) is 1. The van der Waals surface area contributed by atoms with Crippen molar-refractivity contribution in [2.45, 2.75) is 19.9 Å². The first-order chi connectivity index (χ1) is 14.1. The van der Waals surface area contributed by atoms with Gasteiger partial charge in [0.15, 0.2) is 0 Å². The number of benzene rings is 2. The molecule has 0 aliphatic carbocycles. The maximum atomic E-state index is 13.0. The van der Waals surface area contributed by atoms with Gasteiger partial charge in [0.25, 0.3) is 5.91 Å². The number of ether oxygens (including phenoxy) is 1. The second kappa shape index (κ2) is 8.72. The van der Waals surface area contributed by atoms with Gasteiger partial charge in [0.2, 0.25) is 0 Å². The third-order valence-electron chi connectivity index (χ3n) is 5.53. The fourth-order valence-electron chi connectivity index (χ4n) is 3.93. The van der Waals surface area contributed by atoms with Crippen molar-refractivity contribution in [2.24, 2.45) is 0 Å². The summed E-state index contributed by atoms with van der Waals surface area (Å²) in [4.78, 5) is 20.0. The Balaban J connectivity index is 1.54.